The van der Waals surface area contributed by atoms with Gasteiger partial charge in [-0.3, -0.25) is 9.59 Å². The van der Waals surface area contributed by atoms with Crippen LogP contribution in [0.2, 0.25) is 0 Å². The quantitative estimate of drug-likeness (QED) is 0.819. The zero-order valence-electron chi connectivity index (χ0n) is 17.1. The maximum Gasteiger partial charge on any atom is 0.225 e. The van der Waals surface area contributed by atoms with E-state index in [0.29, 0.717) is 11.8 Å². The third-order valence-electron chi connectivity index (χ3n) is 6.30. The van der Waals surface area contributed by atoms with E-state index in [1.807, 2.05) is 4.90 Å². The summed E-state index contributed by atoms with van der Waals surface area (Å²) < 4.78 is 0. The first-order chi connectivity index (χ1) is 13.5. The van der Waals surface area contributed by atoms with Crippen molar-refractivity contribution in [2.45, 2.75) is 52.4 Å². The normalized spacial score (nSPS) is 22.8. The summed E-state index contributed by atoms with van der Waals surface area (Å²) in [6, 6.07) is 0. The van der Waals surface area contributed by atoms with E-state index in [0.717, 1.165) is 70.0 Å². The van der Waals surface area contributed by atoms with Gasteiger partial charge in [0.05, 0.1) is 5.69 Å². The number of fused-ring (bicyclic) bond motifs is 1. The van der Waals surface area contributed by atoms with Gasteiger partial charge in [-0.1, -0.05) is 20.3 Å². The van der Waals surface area contributed by atoms with Crippen molar-refractivity contribution in [3.8, 4) is 0 Å². The molecule has 7 heteroatoms. The van der Waals surface area contributed by atoms with Gasteiger partial charge in [0.15, 0.2) is 5.13 Å². The molecule has 1 saturated carbocycles. The number of rotatable bonds is 5. The minimum atomic E-state index is 0.0801. The molecule has 154 valence electrons. The van der Waals surface area contributed by atoms with Gasteiger partial charge in [-0.05, 0) is 38.0 Å². The Morgan fingerprint density at radius 2 is 1.89 bits per heavy atom. The van der Waals surface area contributed by atoms with Crippen molar-refractivity contribution in [2.24, 2.45) is 17.8 Å². The molecule has 1 atom stereocenters. The Morgan fingerprint density at radius 1 is 1.14 bits per heavy atom. The van der Waals surface area contributed by atoms with Crippen molar-refractivity contribution in [1.29, 1.82) is 0 Å². The van der Waals surface area contributed by atoms with Crippen LogP contribution in [0.3, 0.4) is 0 Å². The number of anilines is 1. The van der Waals surface area contributed by atoms with E-state index in [4.69, 9.17) is 4.98 Å². The zero-order valence-corrected chi connectivity index (χ0v) is 17.9. The molecule has 2 heterocycles. The van der Waals surface area contributed by atoms with E-state index >= 15 is 0 Å². The number of hydrogen-bond acceptors (Lipinski definition) is 5. The molecule has 0 aromatic carbocycles. The number of amides is 2. The summed E-state index contributed by atoms with van der Waals surface area (Å²) in [5.41, 5.74) is 1.18. The van der Waals surface area contributed by atoms with Gasteiger partial charge in [0, 0.05) is 49.4 Å². The number of nitrogens with one attached hydrogen (secondary N) is 1. The Morgan fingerprint density at radius 3 is 2.54 bits per heavy atom. The highest BCUT2D eigenvalue weighted by Crippen LogP contribution is 2.35. The average molecular weight is 405 g/mol. The second-order valence-electron chi connectivity index (χ2n) is 8.89. The molecule has 1 N–H and O–H groups in total. The Hall–Kier alpha value is -1.63. The third kappa shape index (κ3) is 4.19. The van der Waals surface area contributed by atoms with E-state index in [1.54, 1.807) is 11.3 Å². The monoisotopic (exact) mass is 404 g/mol. The average Bonchev–Trinajstić information content (AvgIpc) is 3.08. The molecule has 0 bridgehead atoms. The predicted octanol–water partition coefficient (Wildman–Crippen LogP) is 2.47. The lowest BCUT2D eigenvalue weighted by Gasteiger charge is -2.38. The molecule has 0 radical (unpaired) electrons. The van der Waals surface area contributed by atoms with Crippen LogP contribution < -0.4 is 10.2 Å². The summed E-state index contributed by atoms with van der Waals surface area (Å²) in [5.74, 6) is 1.40. The first-order valence-electron chi connectivity index (χ1n) is 10.8. The smallest absolute Gasteiger partial charge is 0.225 e. The number of hydrogen-bond donors (Lipinski definition) is 1. The summed E-state index contributed by atoms with van der Waals surface area (Å²) in [6.45, 7) is 8.33. The van der Waals surface area contributed by atoms with Crippen molar-refractivity contribution in [3.63, 3.8) is 0 Å². The lowest BCUT2D eigenvalue weighted by atomic mass is 9.84. The Labute approximate surface area is 171 Å². The van der Waals surface area contributed by atoms with Crippen LogP contribution in [0.1, 0.15) is 50.1 Å². The summed E-state index contributed by atoms with van der Waals surface area (Å²) in [7, 11) is 0. The molecule has 1 aliphatic heterocycles. The lowest BCUT2D eigenvalue weighted by Crippen LogP contribution is -2.51. The fourth-order valence-corrected chi connectivity index (χ4v) is 5.44. The van der Waals surface area contributed by atoms with Crippen molar-refractivity contribution in [1.82, 2.24) is 15.2 Å². The van der Waals surface area contributed by atoms with Gasteiger partial charge in [-0.25, -0.2) is 4.98 Å². The van der Waals surface area contributed by atoms with Gasteiger partial charge in [-0.15, -0.1) is 11.3 Å². The van der Waals surface area contributed by atoms with Crippen molar-refractivity contribution >= 4 is 28.3 Å². The van der Waals surface area contributed by atoms with Crippen LogP contribution in [-0.2, 0) is 22.4 Å². The van der Waals surface area contributed by atoms with Gasteiger partial charge in [-0.2, -0.15) is 0 Å². The fourth-order valence-electron chi connectivity index (χ4n) is 4.20. The molecule has 4 rings (SSSR count). The molecule has 3 aliphatic rings. The molecule has 28 heavy (non-hydrogen) atoms. The van der Waals surface area contributed by atoms with Gasteiger partial charge in [0.2, 0.25) is 11.8 Å². The molecule has 6 nitrogen and oxygen atoms in total. The largest absolute Gasteiger partial charge is 0.356 e. The highest BCUT2D eigenvalue weighted by molar-refractivity contribution is 7.15. The summed E-state index contributed by atoms with van der Waals surface area (Å²) in [5, 5.41) is 4.16. The SMILES string of the molecule is CC(C)CNC(=O)[C@H]1CCc2nc(N3CCN(C(=O)C4CCC4)CC3)sc2C1. The van der Waals surface area contributed by atoms with Crippen molar-refractivity contribution in [3.05, 3.63) is 10.6 Å². The standard InChI is InChI=1S/C21H32N4O2S/c1-14(2)13-22-19(26)16-6-7-17-18(12-16)28-21(23-17)25-10-8-24(9-11-25)20(27)15-4-3-5-15/h14-16H,3-13H2,1-2H3,(H,22,26)/t16-/m0/s1. The number of nitrogens with zero attached hydrogens (tertiary/aromatic N) is 3. The molecule has 2 amide bonds. The van der Waals surface area contributed by atoms with Crippen LogP contribution in [-0.4, -0.2) is 54.4 Å². The number of thiazole rings is 1. The highest BCUT2D eigenvalue weighted by Gasteiger charge is 2.33. The Kier molecular flexibility index (Phi) is 5.90. The molecule has 2 fully saturated rings. The topological polar surface area (TPSA) is 65.5 Å². The molecular weight excluding hydrogens is 372 g/mol. The van der Waals surface area contributed by atoms with Gasteiger partial charge >= 0.3 is 0 Å². The van der Waals surface area contributed by atoms with Gasteiger partial charge < -0.3 is 15.1 Å². The summed E-state index contributed by atoms with van der Waals surface area (Å²) in [6.07, 6.45) is 5.96. The second kappa shape index (κ2) is 8.39. The van der Waals surface area contributed by atoms with Crippen molar-refractivity contribution in [2.75, 3.05) is 37.6 Å². The van der Waals surface area contributed by atoms with Crippen LogP contribution in [0.5, 0.6) is 0 Å². The van der Waals surface area contributed by atoms with E-state index in [-0.39, 0.29) is 17.7 Å². The van der Waals surface area contributed by atoms with E-state index in [9.17, 15) is 9.59 Å². The Bertz CT molecular complexity index is 720. The second-order valence-corrected chi connectivity index (χ2v) is 9.95. The number of aryl methyl sites for hydroxylation is 1. The molecule has 1 saturated heterocycles. The molecular formula is C21H32N4O2S. The van der Waals surface area contributed by atoms with E-state index in [2.05, 4.69) is 24.1 Å². The maximum absolute atomic E-state index is 12.4. The summed E-state index contributed by atoms with van der Waals surface area (Å²) >= 11 is 1.75. The van der Waals surface area contributed by atoms with Crippen LogP contribution in [0.15, 0.2) is 0 Å². The minimum absolute atomic E-state index is 0.0801. The van der Waals surface area contributed by atoms with Gasteiger partial charge in [0.25, 0.3) is 0 Å². The molecule has 1 aromatic heterocycles. The van der Waals surface area contributed by atoms with Crippen LogP contribution in [0.25, 0.3) is 0 Å². The van der Waals surface area contributed by atoms with E-state index < -0.39 is 0 Å². The number of aromatic nitrogens is 1. The van der Waals surface area contributed by atoms with Crippen LogP contribution >= 0.6 is 11.3 Å². The highest BCUT2D eigenvalue weighted by atomic mass is 32.1. The maximum atomic E-state index is 12.4. The zero-order chi connectivity index (χ0) is 19.7. The van der Waals surface area contributed by atoms with E-state index in [1.165, 1.54) is 17.0 Å². The Balaban J connectivity index is 1.32. The first kappa shape index (κ1) is 19.7. The number of piperazine rings is 1. The third-order valence-corrected chi connectivity index (χ3v) is 7.48. The lowest BCUT2D eigenvalue weighted by molar-refractivity contribution is -0.138. The van der Waals surface area contributed by atoms with Crippen molar-refractivity contribution < 1.29 is 9.59 Å². The molecule has 1 aromatic rings. The number of carbonyl (C=O) groups excluding carboxylic acids is 2. The predicted molar refractivity (Wildman–Crippen MR) is 112 cm³/mol. The number of carbonyl (C=O) groups is 2. The first-order valence-corrected chi connectivity index (χ1v) is 11.6. The van der Waals surface area contributed by atoms with Gasteiger partial charge in [0.1, 0.15) is 0 Å². The van der Waals surface area contributed by atoms with Crippen LogP contribution in [0.4, 0.5) is 5.13 Å². The molecule has 0 spiro atoms. The minimum Gasteiger partial charge on any atom is -0.356 e. The summed E-state index contributed by atoms with van der Waals surface area (Å²) in [4.78, 5) is 35.4. The molecule has 0 unspecified atom stereocenters. The molecule has 2 aliphatic carbocycles. The van der Waals surface area contributed by atoms with Crippen LogP contribution in [0, 0.1) is 17.8 Å². The fraction of sp³-hybridized carbons (Fsp3) is 0.762.